The lowest BCUT2D eigenvalue weighted by Crippen LogP contribution is -2.54. The maximum Gasteiger partial charge on any atom is 0.290 e. The van der Waals surface area contributed by atoms with Gasteiger partial charge < -0.3 is 64.9 Å². The minimum Gasteiger partial charge on any atom is -0.507 e. The molecule has 6 atom stereocenters. The molecule has 4 unspecified atom stereocenters. The van der Waals surface area contributed by atoms with Crippen LogP contribution < -0.4 is 30.5 Å². The number of phenolic OH excluding ortho intramolecular Hbond substituents is 1. The molecule has 6 aliphatic rings. The quantitative estimate of drug-likeness (QED) is 0.0548. The van der Waals surface area contributed by atoms with Crippen LogP contribution in [0.25, 0.3) is 21.7 Å². The molecule has 0 spiro atoms. The zero-order valence-corrected chi connectivity index (χ0v) is 49.1. The van der Waals surface area contributed by atoms with Gasteiger partial charge in [0.05, 0.1) is 51.8 Å². The summed E-state index contributed by atoms with van der Waals surface area (Å²) in [4.78, 5) is 58.0. The highest BCUT2D eigenvalue weighted by molar-refractivity contribution is 7.13. The fourth-order valence-corrected chi connectivity index (χ4v) is 14.2. The van der Waals surface area contributed by atoms with Gasteiger partial charge in [-0.1, -0.05) is 55.4 Å². The van der Waals surface area contributed by atoms with Crippen molar-refractivity contribution in [3.8, 4) is 33.3 Å². The number of pyridine rings is 1. The molecule has 6 fully saturated rings. The fraction of sp³-hybridized carbons (Fsp3) is 0.516. The number of aromatic nitrogens is 5. The van der Waals surface area contributed by atoms with E-state index in [9.17, 15) is 19.8 Å². The molecule has 5 saturated heterocycles. The van der Waals surface area contributed by atoms with E-state index in [0.717, 1.165) is 136 Å². The number of carbonyl (C=O) groups excluding carboxylic acids is 2. The van der Waals surface area contributed by atoms with Crippen LogP contribution in [-0.4, -0.2) is 164 Å². The van der Waals surface area contributed by atoms with Gasteiger partial charge in [0.2, 0.25) is 17.7 Å². The second-order valence-corrected chi connectivity index (χ2v) is 24.8. The first-order valence-electron chi connectivity index (χ1n) is 29.7. The van der Waals surface area contributed by atoms with Crippen molar-refractivity contribution >= 4 is 52.6 Å². The number of aliphatic hydroxyl groups is 1. The molecule has 0 radical (unpaired) electrons. The van der Waals surface area contributed by atoms with Gasteiger partial charge in [-0.3, -0.25) is 14.4 Å². The first kappa shape index (κ1) is 58.4. The summed E-state index contributed by atoms with van der Waals surface area (Å²) in [5.41, 5.74) is 14.5. The van der Waals surface area contributed by atoms with E-state index in [1.807, 2.05) is 87.9 Å². The molecule has 446 valence electrons. The van der Waals surface area contributed by atoms with E-state index in [1.54, 1.807) is 23.5 Å². The Morgan fingerprint density at radius 1 is 0.857 bits per heavy atom. The van der Waals surface area contributed by atoms with Gasteiger partial charge in [-0.2, -0.15) is 0 Å². The van der Waals surface area contributed by atoms with Gasteiger partial charge in [0.15, 0.2) is 17.4 Å². The monoisotopic (exact) mass is 1170 g/mol. The molecule has 6 N–H and O–H groups in total. The fourth-order valence-electron chi connectivity index (χ4n) is 13.4. The predicted molar refractivity (Wildman–Crippen MR) is 320 cm³/mol. The number of amides is 2. The van der Waals surface area contributed by atoms with Crippen molar-refractivity contribution < 1.29 is 43.7 Å². The molecule has 2 aromatic carbocycles. The highest BCUT2D eigenvalue weighted by atomic mass is 32.1. The number of nitrogens with zero attached hydrogens (tertiary/aromatic N) is 10. The summed E-state index contributed by atoms with van der Waals surface area (Å²) in [6, 6.07) is 22.8. The van der Waals surface area contributed by atoms with E-state index in [4.69, 9.17) is 29.6 Å². The number of β-amino-alcohol motifs (C(OH)–C–C–N with tert-alkyl or cyclic N) is 1. The molecule has 9 heterocycles. The van der Waals surface area contributed by atoms with E-state index in [-0.39, 0.29) is 67.3 Å². The standard InChI is InChI=1S/C61H76N12O7S.CH2O2/c1-36(2)57(61(77)72-34-45(74)26-52(72)60(76)65-37(3)40-9-11-41(12-10-40)58-38(4)64-35-81-58)54-30-55(68-80-54)70-23-16-39(17-24-70)31-69-21-18-46(19-22-69)78-47-27-48(28-47)79-56-25-42(15-20-63-56)73-43-13-14-44(73)33-71(32-43)51-29-50(66-67-59(51)62)49-7-5-6-8-53(49)75;2-1-3/h5-12,15,20,25,29-30,35-37,39,43-48,52,57,74-75H,13-14,16-19,21-24,26-28,31-34H2,1-4H3,(H2,62,67)(H,65,76);1H,(H,2,3)/t37?,43?,44?,45-,47?,48?,52+,57?;/m1./s1. The van der Waals surface area contributed by atoms with E-state index in [0.29, 0.717) is 46.7 Å². The van der Waals surface area contributed by atoms with Crippen molar-refractivity contribution in [2.45, 2.75) is 140 Å². The summed E-state index contributed by atoms with van der Waals surface area (Å²) in [5.74, 6) is 1.72. The lowest BCUT2D eigenvalue weighted by Gasteiger charge is -2.43. The number of para-hydroxylation sites is 1. The summed E-state index contributed by atoms with van der Waals surface area (Å²) in [7, 11) is 0. The molecular weight excluding hydrogens is 1090 g/mol. The van der Waals surface area contributed by atoms with Gasteiger partial charge in [0.1, 0.15) is 23.8 Å². The lowest BCUT2D eigenvalue weighted by atomic mass is 9.91. The average Bonchev–Trinajstić information content (AvgIpc) is 4.05. The smallest absolute Gasteiger partial charge is 0.290 e. The second-order valence-electron chi connectivity index (χ2n) is 23.9. The summed E-state index contributed by atoms with van der Waals surface area (Å²) < 4.78 is 19.1. The lowest BCUT2D eigenvalue weighted by molar-refractivity contribution is -0.141. The maximum atomic E-state index is 14.4. The molecular formula is C62H78N12O9S. The number of benzene rings is 2. The first-order chi connectivity index (χ1) is 40.7. The number of nitrogens with one attached hydrogen (secondary N) is 1. The number of nitrogens with two attached hydrogens (primary N) is 1. The minimum absolute atomic E-state index is 0.0845. The number of ether oxygens (including phenoxy) is 2. The number of nitrogen functional groups attached to an aromatic ring is 1. The number of aliphatic hydroxyl groups excluding tert-OH is 1. The molecule has 1 saturated carbocycles. The number of carboxylic acid groups (broad SMARTS) is 1. The number of hydrogen-bond acceptors (Lipinski definition) is 19. The molecule has 2 bridgehead atoms. The number of rotatable bonds is 17. The van der Waals surface area contributed by atoms with E-state index in [2.05, 4.69) is 62.4 Å². The number of fused-ring (bicyclic) bond motifs is 2. The number of piperidine rings is 2. The molecule has 2 amide bonds. The van der Waals surface area contributed by atoms with Crippen molar-refractivity contribution in [1.29, 1.82) is 0 Å². The molecule has 12 rings (SSSR count). The summed E-state index contributed by atoms with van der Waals surface area (Å²) in [5, 5.41) is 44.3. The van der Waals surface area contributed by atoms with Crippen LogP contribution in [0.15, 0.2) is 89.0 Å². The van der Waals surface area contributed by atoms with Crippen molar-refractivity contribution in [3.05, 3.63) is 102 Å². The first-order valence-corrected chi connectivity index (χ1v) is 30.6. The number of aromatic hydroxyl groups is 1. The van der Waals surface area contributed by atoms with Crippen molar-refractivity contribution in [1.82, 2.24) is 40.4 Å². The number of thiazole rings is 1. The Labute approximate surface area is 494 Å². The van der Waals surface area contributed by atoms with Gasteiger partial charge in [-0.05, 0) is 99.6 Å². The minimum atomic E-state index is -0.803. The van der Waals surface area contributed by atoms with Crippen molar-refractivity contribution in [2.75, 3.05) is 72.8 Å². The van der Waals surface area contributed by atoms with Crippen LogP contribution in [0, 0.1) is 18.8 Å². The van der Waals surface area contributed by atoms with Gasteiger partial charge in [0, 0.05) is 113 Å². The Morgan fingerprint density at radius 3 is 2.27 bits per heavy atom. The third-order valence-corrected chi connectivity index (χ3v) is 18.9. The summed E-state index contributed by atoms with van der Waals surface area (Å²) in [6.07, 6.45) is 9.84. The van der Waals surface area contributed by atoms with Gasteiger partial charge in [-0.15, -0.1) is 21.5 Å². The number of aryl methyl sites for hydroxylation is 1. The molecule has 22 heteroatoms. The Balaban J connectivity index is 0.00000240. The molecule has 4 aromatic heterocycles. The number of likely N-dealkylation sites (tertiary alicyclic amines) is 2. The normalized spacial score (nSPS) is 23.6. The third kappa shape index (κ3) is 13.0. The Kier molecular flexibility index (Phi) is 18.0. The third-order valence-electron chi connectivity index (χ3n) is 17.9. The summed E-state index contributed by atoms with van der Waals surface area (Å²) in [6.45, 7) is 14.2. The molecule has 1 aliphatic carbocycles. The van der Waals surface area contributed by atoms with E-state index in [1.165, 1.54) is 4.90 Å². The molecule has 5 aliphatic heterocycles. The summed E-state index contributed by atoms with van der Waals surface area (Å²) >= 11 is 1.60. The van der Waals surface area contributed by atoms with Crippen LogP contribution in [-0.2, 0) is 19.1 Å². The van der Waals surface area contributed by atoms with Crippen molar-refractivity contribution in [2.24, 2.45) is 11.8 Å². The predicted octanol–water partition coefficient (Wildman–Crippen LogP) is 7.69. The van der Waals surface area contributed by atoms with Crippen molar-refractivity contribution in [3.63, 3.8) is 0 Å². The average molecular weight is 1170 g/mol. The Hall–Kier alpha value is -7.40. The van der Waals surface area contributed by atoms with Gasteiger partial charge in [0.25, 0.3) is 6.47 Å². The van der Waals surface area contributed by atoms with Crippen LogP contribution in [0.3, 0.4) is 0 Å². The zero-order valence-electron chi connectivity index (χ0n) is 48.3. The van der Waals surface area contributed by atoms with Gasteiger partial charge >= 0.3 is 0 Å². The molecule has 84 heavy (non-hydrogen) atoms. The Bertz CT molecular complexity index is 3200. The Morgan fingerprint density at radius 2 is 1.58 bits per heavy atom. The molecule has 6 aromatic rings. The number of anilines is 4. The zero-order chi connectivity index (χ0) is 58.6. The van der Waals surface area contributed by atoms with E-state index < -0.39 is 18.1 Å². The maximum absolute atomic E-state index is 14.4. The largest absolute Gasteiger partial charge is 0.507 e. The van der Waals surface area contributed by atoms with E-state index >= 15 is 0 Å². The van der Waals surface area contributed by atoms with Gasteiger partial charge in [-0.25, -0.2) is 9.97 Å². The molecule has 21 nitrogen and oxygen atoms in total. The highest BCUT2D eigenvalue weighted by Gasteiger charge is 2.45. The number of carbonyl (C=O) groups is 3. The van der Waals surface area contributed by atoms with Crippen LogP contribution in [0.2, 0.25) is 0 Å². The van der Waals surface area contributed by atoms with Crippen LogP contribution in [0.4, 0.5) is 23.0 Å². The number of piperazine rings is 1. The highest BCUT2D eigenvalue weighted by Crippen LogP contribution is 2.41. The second kappa shape index (κ2) is 25.8. The van der Waals surface area contributed by atoms with Crippen LogP contribution in [0.1, 0.15) is 108 Å². The van der Waals surface area contributed by atoms with Crippen LogP contribution >= 0.6 is 11.3 Å². The van der Waals surface area contributed by atoms with Crippen LogP contribution in [0.5, 0.6) is 11.6 Å². The topological polar surface area (TPSA) is 262 Å². The number of phenols is 1. The number of hydrogen-bond donors (Lipinski definition) is 5. The SMILES string of the molecule is Cc1ncsc1-c1ccc(C(C)NC(=O)[C@@H]2C[C@@H](O)CN2C(=O)C(c2cc(N3CCC(CN4CCC(OC5CC(Oc6cc(N7C8CCC7CN(c7cc(-c9ccccc9O)nnc7N)C8)ccn6)C5)CC4)CC3)no2)C(C)C)cc1.O=CO.